The second-order valence-electron chi connectivity index (χ2n) is 5.21. The molecule has 0 fully saturated rings. The Balaban J connectivity index is 0.000000240. The fraction of sp³-hybridized carbons (Fsp3) is 0.263. The van der Waals surface area contributed by atoms with E-state index < -0.39 is 12.0 Å². The van der Waals surface area contributed by atoms with Crippen molar-refractivity contribution in [3.63, 3.8) is 0 Å². The van der Waals surface area contributed by atoms with Crippen molar-refractivity contribution in [1.29, 1.82) is 0 Å². The lowest BCUT2D eigenvalue weighted by atomic mass is 10.1. The van der Waals surface area contributed by atoms with Crippen LogP contribution in [0.2, 0.25) is 0 Å². The first-order valence-electron chi connectivity index (χ1n) is 7.68. The van der Waals surface area contributed by atoms with Crippen LogP contribution in [0, 0.1) is 0 Å². The van der Waals surface area contributed by atoms with Crippen molar-refractivity contribution in [2.75, 3.05) is 6.61 Å². The van der Waals surface area contributed by atoms with Crippen LogP contribution in [0.1, 0.15) is 18.1 Å². The van der Waals surface area contributed by atoms with E-state index in [1.165, 1.54) is 12.5 Å². The van der Waals surface area contributed by atoms with Crippen LogP contribution in [0.3, 0.4) is 0 Å². The third-order valence-corrected chi connectivity index (χ3v) is 3.15. The number of aliphatic carboxylic acids is 1. The Morgan fingerprint density at radius 2 is 1.50 bits per heavy atom. The zero-order valence-electron chi connectivity index (χ0n) is 13.7. The normalized spacial score (nSPS) is 10.9. The third-order valence-electron chi connectivity index (χ3n) is 3.15. The van der Waals surface area contributed by atoms with Gasteiger partial charge in [-0.1, -0.05) is 60.7 Å². The molecule has 3 N–H and O–H groups in total. The van der Waals surface area contributed by atoms with Crippen LogP contribution in [0.25, 0.3) is 0 Å². The van der Waals surface area contributed by atoms with Crippen LogP contribution in [-0.2, 0) is 27.2 Å². The van der Waals surface area contributed by atoms with Gasteiger partial charge >= 0.3 is 11.9 Å². The van der Waals surface area contributed by atoms with E-state index in [1.54, 1.807) is 0 Å². The van der Waals surface area contributed by atoms with Crippen LogP contribution >= 0.6 is 0 Å². The highest BCUT2D eigenvalue weighted by Crippen LogP contribution is 2.01. The van der Waals surface area contributed by atoms with E-state index in [0.29, 0.717) is 13.0 Å². The third kappa shape index (κ3) is 8.70. The van der Waals surface area contributed by atoms with E-state index >= 15 is 0 Å². The zero-order chi connectivity index (χ0) is 17.8. The Kier molecular flexibility index (Phi) is 8.86. The molecule has 0 spiro atoms. The van der Waals surface area contributed by atoms with Gasteiger partial charge in [0.2, 0.25) is 0 Å². The van der Waals surface area contributed by atoms with Crippen molar-refractivity contribution in [2.24, 2.45) is 5.73 Å². The van der Waals surface area contributed by atoms with Gasteiger partial charge in [-0.25, -0.2) is 0 Å². The minimum Gasteiger partial charge on any atom is -0.480 e. The minimum atomic E-state index is -0.959. The summed E-state index contributed by atoms with van der Waals surface area (Å²) in [5, 5.41) is 8.52. The molecule has 2 aromatic rings. The van der Waals surface area contributed by atoms with E-state index in [4.69, 9.17) is 15.6 Å². The van der Waals surface area contributed by atoms with Gasteiger partial charge in [-0.2, -0.15) is 0 Å². The molecule has 1 atom stereocenters. The van der Waals surface area contributed by atoms with Crippen molar-refractivity contribution in [2.45, 2.75) is 25.8 Å². The number of hydrogen-bond donors (Lipinski definition) is 2. The monoisotopic (exact) mass is 329 g/mol. The number of rotatable bonds is 6. The van der Waals surface area contributed by atoms with Gasteiger partial charge in [0.1, 0.15) is 6.04 Å². The van der Waals surface area contributed by atoms with Crippen molar-refractivity contribution in [3.8, 4) is 0 Å². The Hall–Kier alpha value is -2.66. The second-order valence-corrected chi connectivity index (χ2v) is 5.21. The molecular formula is C19H23NO4. The number of ether oxygens (including phenoxy) is 1. The Labute approximate surface area is 142 Å². The Bertz CT molecular complexity index is 614. The number of carboxylic acid groups (broad SMARTS) is 1. The molecule has 5 nitrogen and oxygen atoms in total. The summed E-state index contributed by atoms with van der Waals surface area (Å²) >= 11 is 0. The second kappa shape index (κ2) is 11.0. The maximum absolute atomic E-state index is 10.4. The van der Waals surface area contributed by atoms with Crippen LogP contribution in [-0.4, -0.2) is 29.7 Å². The van der Waals surface area contributed by atoms with E-state index in [9.17, 15) is 9.59 Å². The molecule has 0 aliphatic carbocycles. The first-order valence-corrected chi connectivity index (χ1v) is 7.68. The maximum atomic E-state index is 10.4. The van der Waals surface area contributed by atoms with Crippen molar-refractivity contribution in [3.05, 3.63) is 71.8 Å². The summed E-state index contributed by atoms with van der Waals surface area (Å²) in [4.78, 5) is 20.8. The van der Waals surface area contributed by atoms with E-state index in [2.05, 4.69) is 0 Å². The van der Waals surface area contributed by atoms with Crippen LogP contribution < -0.4 is 5.73 Å². The highest BCUT2D eigenvalue weighted by molar-refractivity contribution is 5.73. The molecule has 0 heterocycles. The number of carbonyl (C=O) groups is 2. The molecule has 0 amide bonds. The Morgan fingerprint density at radius 3 is 1.96 bits per heavy atom. The first kappa shape index (κ1) is 19.4. The summed E-state index contributed by atoms with van der Waals surface area (Å²) in [5.41, 5.74) is 7.49. The number of carboxylic acids is 1. The van der Waals surface area contributed by atoms with Gasteiger partial charge < -0.3 is 15.6 Å². The smallest absolute Gasteiger partial charge is 0.320 e. The summed E-state index contributed by atoms with van der Waals surface area (Å²) in [6.45, 7) is 1.89. The maximum Gasteiger partial charge on any atom is 0.320 e. The summed E-state index contributed by atoms with van der Waals surface area (Å²) in [6.07, 6.45) is 1.18. The summed E-state index contributed by atoms with van der Waals surface area (Å²) in [6, 6.07) is 18.5. The van der Waals surface area contributed by atoms with Crippen LogP contribution in [0.15, 0.2) is 60.7 Å². The highest BCUT2D eigenvalue weighted by Gasteiger charge is 2.10. The lowest BCUT2D eigenvalue weighted by Gasteiger charge is -2.04. The molecule has 0 aliphatic heterocycles. The molecule has 24 heavy (non-hydrogen) atoms. The zero-order valence-corrected chi connectivity index (χ0v) is 13.7. The highest BCUT2D eigenvalue weighted by atomic mass is 16.5. The number of hydrogen-bond acceptors (Lipinski definition) is 4. The number of esters is 1. The summed E-state index contributed by atoms with van der Waals surface area (Å²) in [5.74, 6) is -1.18. The first-order chi connectivity index (χ1) is 11.5. The van der Waals surface area contributed by atoms with Crippen LogP contribution in [0.5, 0.6) is 0 Å². The number of nitrogens with two attached hydrogens (primary N) is 1. The molecular weight excluding hydrogens is 306 g/mol. The minimum absolute atomic E-state index is 0.217. The average Bonchev–Trinajstić information content (AvgIpc) is 2.57. The molecule has 0 unspecified atom stereocenters. The SMILES string of the molecule is CC(=O)OCCc1ccccc1.N[C@@H](Cc1ccccc1)C(=O)O. The standard InChI is InChI=1S/C10H12O2.C9H11NO2/c1-9(11)12-8-7-10-5-3-2-4-6-10;10-8(9(11)12)6-7-4-2-1-3-5-7/h2-6H,7-8H2,1H3;1-5,8H,6,10H2,(H,11,12)/t;8-/m.0/s1. The molecule has 0 radical (unpaired) electrons. The van der Waals surface area contributed by atoms with Crippen molar-refractivity contribution < 1.29 is 19.4 Å². The van der Waals surface area contributed by atoms with Crippen LogP contribution in [0.4, 0.5) is 0 Å². The Morgan fingerprint density at radius 1 is 1.00 bits per heavy atom. The van der Waals surface area contributed by atoms with Crippen molar-refractivity contribution in [1.82, 2.24) is 0 Å². The fourth-order valence-electron chi connectivity index (χ4n) is 1.91. The van der Waals surface area contributed by atoms with E-state index in [-0.39, 0.29) is 5.97 Å². The summed E-state index contributed by atoms with van der Waals surface area (Å²) < 4.78 is 4.81. The van der Waals surface area contributed by atoms with Crippen molar-refractivity contribution >= 4 is 11.9 Å². The van der Waals surface area contributed by atoms with Gasteiger partial charge in [0, 0.05) is 13.3 Å². The topological polar surface area (TPSA) is 89.6 Å². The van der Waals surface area contributed by atoms with Gasteiger partial charge in [-0.15, -0.1) is 0 Å². The van der Waals surface area contributed by atoms with Gasteiger partial charge in [0.25, 0.3) is 0 Å². The molecule has 0 bridgehead atoms. The van der Waals surface area contributed by atoms with Gasteiger partial charge in [-0.05, 0) is 17.5 Å². The molecule has 0 aliphatic rings. The van der Waals surface area contributed by atoms with E-state index in [1.807, 2.05) is 60.7 Å². The summed E-state index contributed by atoms with van der Waals surface area (Å²) in [7, 11) is 0. The van der Waals surface area contributed by atoms with Gasteiger partial charge in [0.15, 0.2) is 0 Å². The lowest BCUT2D eigenvalue weighted by molar-refractivity contribution is -0.141. The quantitative estimate of drug-likeness (QED) is 0.795. The predicted molar refractivity (Wildman–Crippen MR) is 92.5 cm³/mol. The average molecular weight is 329 g/mol. The molecule has 2 rings (SSSR count). The van der Waals surface area contributed by atoms with Gasteiger partial charge in [-0.3, -0.25) is 9.59 Å². The molecule has 0 aromatic heterocycles. The van der Waals surface area contributed by atoms with E-state index in [0.717, 1.165) is 12.0 Å². The lowest BCUT2D eigenvalue weighted by Crippen LogP contribution is -2.32. The molecule has 2 aromatic carbocycles. The number of carbonyl (C=O) groups excluding carboxylic acids is 1. The molecule has 0 saturated heterocycles. The number of benzene rings is 2. The molecule has 5 heteroatoms. The van der Waals surface area contributed by atoms with Gasteiger partial charge in [0.05, 0.1) is 6.61 Å². The molecule has 0 saturated carbocycles. The fourth-order valence-corrected chi connectivity index (χ4v) is 1.91. The predicted octanol–water partition coefficient (Wildman–Crippen LogP) is 2.43. The largest absolute Gasteiger partial charge is 0.480 e. The molecule has 128 valence electrons.